The largest absolute Gasteiger partial charge is 0.302 e. The highest BCUT2D eigenvalue weighted by Gasteiger charge is 2.22. The number of amides is 1. The molecule has 1 amide bonds. The molecular weight excluding hydrogens is 373 g/mol. The average Bonchev–Trinajstić information content (AvgIpc) is 3.12. The molecule has 1 aromatic heterocycles. The van der Waals surface area contributed by atoms with Crippen molar-refractivity contribution in [3.8, 4) is 0 Å². The number of aromatic nitrogens is 1. The lowest BCUT2D eigenvalue weighted by molar-refractivity contribution is 0.0983. The number of thiazole rings is 1. The monoisotopic (exact) mass is 399 g/mol. The van der Waals surface area contributed by atoms with Gasteiger partial charge in [-0.3, -0.25) is 9.69 Å². The van der Waals surface area contributed by atoms with Crippen LogP contribution in [0.1, 0.15) is 35.3 Å². The molecule has 0 radical (unpaired) electrons. The van der Waals surface area contributed by atoms with E-state index in [0.717, 1.165) is 35.4 Å². The normalized spacial score (nSPS) is 11.4. The zero-order chi connectivity index (χ0) is 20.3. The van der Waals surface area contributed by atoms with Crippen LogP contribution in [0.2, 0.25) is 0 Å². The number of benzene rings is 2. The van der Waals surface area contributed by atoms with E-state index in [9.17, 15) is 9.18 Å². The SMILES string of the molecule is CCN(CC)CCN(C(=O)c1cccc(F)c1)c1nc2c(C)c(C)ccc2s1. The summed E-state index contributed by atoms with van der Waals surface area (Å²) < 4.78 is 14.7. The Labute approximate surface area is 169 Å². The van der Waals surface area contributed by atoms with Gasteiger partial charge in [0, 0.05) is 18.7 Å². The number of aryl methyl sites for hydroxylation is 2. The highest BCUT2D eigenvalue weighted by molar-refractivity contribution is 7.22. The van der Waals surface area contributed by atoms with Crippen LogP contribution in [0.3, 0.4) is 0 Å². The number of rotatable bonds is 7. The summed E-state index contributed by atoms with van der Waals surface area (Å²) in [7, 11) is 0. The number of carbonyl (C=O) groups is 1. The molecule has 0 atom stereocenters. The summed E-state index contributed by atoms with van der Waals surface area (Å²) in [6.45, 7) is 11.4. The average molecular weight is 400 g/mol. The number of halogens is 1. The molecule has 148 valence electrons. The van der Waals surface area contributed by atoms with Gasteiger partial charge >= 0.3 is 0 Å². The van der Waals surface area contributed by atoms with E-state index < -0.39 is 5.82 Å². The van der Waals surface area contributed by atoms with Crippen molar-refractivity contribution in [3.63, 3.8) is 0 Å². The van der Waals surface area contributed by atoms with Crippen LogP contribution in [0.4, 0.5) is 9.52 Å². The molecule has 6 heteroatoms. The lowest BCUT2D eigenvalue weighted by atomic mass is 10.1. The first-order valence-electron chi connectivity index (χ1n) is 9.61. The number of fused-ring (bicyclic) bond motifs is 1. The Morgan fingerprint density at radius 2 is 1.86 bits per heavy atom. The standard InChI is InChI=1S/C22H26FN3OS/c1-5-25(6-2)12-13-26(21(27)17-8-7-9-18(23)14-17)22-24-20-16(4)15(3)10-11-19(20)28-22/h7-11,14H,5-6,12-13H2,1-4H3. The van der Waals surface area contributed by atoms with Crippen molar-refractivity contribution in [1.82, 2.24) is 9.88 Å². The van der Waals surface area contributed by atoms with Crippen molar-refractivity contribution in [3.05, 3.63) is 58.9 Å². The molecular formula is C22H26FN3OS. The van der Waals surface area contributed by atoms with Gasteiger partial charge in [0.05, 0.1) is 10.2 Å². The third-order valence-corrected chi connectivity index (χ3v) is 6.20. The lowest BCUT2D eigenvalue weighted by Gasteiger charge is -2.24. The highest BCUT2D eigenvalue weighted by Crippen LogP contribution is 2.32. The second-order valence-corrected chi connectivity index (χ2v) is 7.85. The van der Waals surface area contributed by atoms with Gasteiger partial charge in [-0.15, -0.1) is 0 Å². The van der Waals surface area contributed by atoms with Crippen LogP contribution >= 0.6 is 11.3 Å². The van der Waals surface area contributed by atoms with Crippen molar-refractivity contribution in [2.75, 3.05) is 31.1 Å². The van der Waals surface area contributed by atoms with Gasteiger partial charge < -0.3 is 4.90 Å². The molecule has 0 spiro atoms. The molecule has 0 aliphatic carbocycles. The Hall–Kier alpha value is -2.31. The summed E-state index contributed by atoms with van der Waals surface area (Å²) in [5, 5.41) is 0.658. The molecule has 1 heterocycles. The van der Waals surface area contributed by atoms with Gasteiger partial charge in [0.1, 0.15) is 5.82 Å². The molecule has 0 aliphatic rings. The van der Waals surface area contributed by atoms with Crippen molar-refractivity contribution in [1.29, 1.82) is 0 Å². The van der Waals surface area contributed by atoms with Gasteiger partial charge in [-0.1, -0.05) is 37.3 Å². The van der Waals surface area contributed by atoms with Gasteiger partial charge in [0.2, 0.25) is 0 Å². The number of anilines is 1. The highest BCUT2D eigenvalue weighted by atomic mass is 32.1. The second kappa shape index (κ2) is 8.80. The van der Waals surface area contributed by atoms with Crippen LogP contribution in [0.15, 0.2) is 36.4 Å². The Morgan fingerprint density at radius 3 is 2.54 bits per heavy atom. The maximum absolute atomic E-state index is 13.7. The minimum Gasteiger partial charge on any atom is -0.302 e. The minimum absolute atomic E-state index is 0.222. The van der Waals surface area contributed by atoms with Crippen molar-refractivity contribution in [2.45, 2.75) is 27.7 Å². The molecule has 2 aromatic carbocycles. The van der Waals surface area contributed by atoms with E-state index >= 15 is 0 Å². The molecule has 0 bridgehead atoms. The maximum Gasteiger partial charge on any atom is 0.260 e. The Morgan fingerprint density at radius 1 is 1.11 bits per heavy atom. The van der Waals surface area contributed by atoms with Crippen LogP contribution in [-0.4, -0.2) is 42.0 Å². The summed E-state index contributed by atoms with van der Waals surface area (Å²) in [5.41, 5.74) is 3.57. The van der Waals surface area contributed by atoms with Crippen LogP contribution in [0.5, 0.6) is 0 Å². The van der Waals surface area contributed by atoms with E-state index in [1.807, 2.05) is 6.07 Å². The number of carbonyl (C=O) groups excluding carboxylic acids is 1. The molecule has 0 aliphatic heterocycles. The molecule has 0 unspecified atom stereocenters. The van der Waals surface area contributed by atoms with E-state index in [4.69, 9.17) is 4.98 Å². The van der Waals surface area contributed by atoms with Gasteiger partial charge in [-0.25, -0.2) is 9.37 Å². The molecule has 3 rings (SSSR count). The first-order valence-corrected chi connectivity index (χ1v) is 10.4. The fraction of sp³-hybridized carbons (Fsp3) is 0.364. The first-order chi connectivity index (χ1) is 13.4. The first kappa shape index (κ1) is 20.4. The van der Waals surface area contributed by atoms with Crippen molar-refractivity contribution < 1.29 is 9.18 Å². The Bertz CT molecular complexity index is 981. The molecule has 0 saturated heterocycles. The fourth-order valence-electron chi connectivity index (χ4n) is 3.17. The third-order valence-electron chi connectivity index (χ3n) is 5.16. The predicted molar refractivity (Wildman–Crippen MR) is 115 cm³/mol. The van der Waals surface area contributed by atoms with E-state index in [0.29, 0.717) is 17.2 Å². The quantitative estimate of drug-likeness (QED) is 0.558. The van der Waals surface area contributed by atoms with Gasteiger partial charge in [-0.05, 0) is 62.3 Å². The summed E-state index contributed by atoms with van der Waals surface area (Å²) in [6.07, 6.45) is 0. The van der Waals surface area contributed by atoms with Crippen molar-refractivity contribution in [2.24, 2.45) is 0 Å². The van der Waals surface area contributed by atoms with Crippen LogP contribution in [0, 0.1) is 19.7 Å². The summed E-state index contributed by atoms with van der Waals surface area (Å²) in [6, 6.07) is 9.98. The summed E-state index contributed by atoms with van der Waals surface area (Å²) in [4.78, 5) is 22.0. The zero-order valence-corrected chi connectivity index (χ0v) is 17.6. The maximum atomic E-state index is 13.7. The molecule has 28 heavy (non-hydrogen) atoms. The molecule has 0 fully saturated rings. The van der Waals surface area contributed by atoms with Gasteiger partial charge in [-0.2, -0.15) is 0 Å². The molecule has 4 nitrogen and oxygen atoms in total. The van der Waals surface area contributed by atoms with Gasteiger partial charge in [0.25, 0.3) is 5.91 Å². The lowest BCUT2D eigenvalue weighted by Crippen LogP contribution is -2.38. The number of nitrogens with zero attached hydrogens (tertiary/aromatic N) is 3. The minimum atomic E-state index is -0.412. The molecule has 0 N–H and O–H groups in total. The summed E-state index contributed by atoms with van der Waals surface area (Å²) >= 11 is 1.50. The molecule has 3 aromatic rings. The number of likely N-dealkylation sites (N-methyl/N-ethyl adjacent to an activating group) is 1. The molecule has 0 saturated carbocycles. The smallest absolute Gasteiger partial charge is 0.260 e. The fourth-order valence-corrected chi connectivity index (χ4v) is 4.22. The van der Waals surface area contributed by atoms with Crippen LogP contribution in [-0.2, 0) is 0 Å². The van der Waals surface area contributed by atoms with Crippen LogP contribution in [0.25, 0.3) is 10.2 Å². The summed E-state index contributed by atoms with van der Waals surface area (Å²) in [5.74, 6) is -0.634. The van der Waals surface area contributed by atoms with E-state index in [1.54, 1.807) is 17.0 Å². The van der Waals surface area contributed by atoms with E-state index in [-0.39, 0.29) is 5.91 Å². The zero-order valence-electron chi connectivity index (χ0n) is 16.8. The van der Waals surface area contributed by atoms with Crippen LogP contribution < -0.4 is 4.90 Å². The second-order valence-electron chi connectivity index (χ2n) is 6.84. The third kappa shape index (κ3) is 4.23. The number of hydrogen-bond donors (Lipinski definition) is 0. The van der Waals surface area contributed by atoms with Gasteiger partial charge in [0.15, 0.2) is 5.13 Å². The van der Waals surface area contributed by atoms with E-state index in [1.165, 1.54) is 29.0 Å². The Balaban J connectivity index is 2.00. The van der Waals surface area contributed by atoms with E-state index in [2.05, 4.69) is 38.7 Å². The Kier molecular flexibility index (Phi) is 6.42. The van der Waals surface area contributed by atoms with Crippen molar-refractivity contribution >= 4 is 32.6 Å². The predicted octanol–water partition coefficient (Wildman–Crippen LogP) is 5.04. The topological polar surface area (TPSA) is 36.4 Å². The number of hydrogen-bond acceptors (Lipinski definition) is 4.